The number of amides is 2. The summed E-state index contributed by atoms with van der Waals surface area (Å²) < 4.78 is 1.86. The van der Waals surface area contributed by atoms with Gasteiger partial charge in [-0.1, -0.05) is 18.2 Å². The van der Waals surface area contributed by atoms with Crippen LogP contribution in [0.25, 0.3) is 0 Å². The number of rotatable bonds is 6. The summed E-state index contributed by atoms with van der Waals surface area (Å²) in [5.41, 5.74) is 6.48. The van der Waals surface area contributed by atoms with Crippen LogP contribution in [0.1, 0.15) is 6.42 Å². The fourth-order valence-electron chi connectivity index (χ4n) is 2.51. The first-order chi connectivity index (χ1) is 11.6. The largest absolute Gasteiger partial charge is 0.368 e. The number of nitrogens with zero attached hydrogens (tertiary/aromatic N) is 4. The number of carbonyl (C=O) groups excluding carboxylic acids is 2. The Bertz CT molecular complexity index is 741. The molecule has 0 saturated carbocycles. The zero-order valence-electron chi connectivity index (χ0n) is 13.0. The van der Waals surface area contributed by atoms with Gasteiger partial charge in [-0.15, -0.1) is 0 Å². The van der Waals surface area contributed by atoms with Crippen LogP contribution in [0.3, 0.4) is 0 Å². The quantitative estimate of drug-likeness (QED) is 0.786. The Labute approximate surface area is 139 Å². The molecule has 2 heterocycles. The van der Waals surface area contributed by atoms with E-state index in [9.17, 15) is 9.59 Å². The lowest BCUT2D eigenvalue weighted by molar-refractivity contribution is -0.119. The lowest BCUT2D eigenvalue weighted by Crippen LogP contribution is -2.40. The standard InChI is InChI=1S/C16H18N6O2/c17-15(23)14-10-13(20-22(14)12-4-2-1-3-5-12)16(24)19-7-9-21-8-6-18-11-21/h1-6,8,11,14H,7,9-10H2,(H2,17,23)(H,19,24)/t14-/m1/s1. The van der Waals surface area contributed by atoms with Gasteiger partial charge >= 0.3 is 0 Å². The molecule has 124 valence electrons. The molecule has 0 radical (unpaired) electrons. The number of primary amides is 1. The summed E-state index contributed by atoms with van der Waals surface area (Å²) >= 11 is 0. The van der Waals surface area contributed by atoms with Crippen LogP contribution in [0.15, 0.2) is 54.2 Å². The van der Waals surface area contributed by atoms with Crippen molar-refractivity contribution < 1.29 is 9.59 Å². The Hall–Kier alpha value is -3.16. The van der Waals surface area contributed by atoms with Crippen molar-refractivity contribution in [3.63, 3.8) is 0 Å². The fraction of sp³-hybridized carbons (Fsp3) is 0.250. The van der Waals surface area contributed by atoms with E-state index in [0.29, 0.717) is 18.8 Å². The van der Waals surface area contributed by atoms with Crippen LogP contribution in [0.4, 0.5) is 5.69 Å². The van der Waals surface area contributed by atoms with Gasteiger partial charge < -0.3 is 15.6 Å². The zero-order valence-corrected chi connectivity index (χ0v) is 13.0. The molecular weight excluding hydrogens is 308 g/mol. The molecule has 1 aliphatic rings. The first-order valence-corrected chi connectivity index (χ1v) is 7.60. The predicted octanol–water partition coefficient (Wildman–Crippen LogP) is 0.120. The zero-order chi connectivity index (χ0) is 16.9. The molecule has 1 aromatic carbocycles. The molecule has 1 atom stereocenters. The van der Waals surface area contributed by atoms with Gasteiger partial charge in [-0.05, 0) is 12.1 Å². The second kappa shape index (κ2) is 6.95. The van der Waals surface area contributed by atoms with E-state index in [4.69, 9.17) is 5.73 Å². The first-order valence-electron chi connectivity index (χ1n) is 7.60. The maximum Gasteiger partial charge on any atom is 0.267 e. The van der Waals surface area contributed by atoms with Crippen molar-refractivity contribution in [2.24, 2.45) is 10.8 Å². The van der Waals surface area contributed by atoms with E-state index in [1.807, 2.05) is 41.1 Å². The molecule has 2 aromatic rings. The third kappa shape index (κ3) is 3.43. The average molecular weight is 326 g/mol. The van der Waals surface area contributed by atoms with Crippen LogP contribution >= 0.6 is 0 Å². The third-order valence-corrected chi connectivity index (χ3v) is 3.74. The summed E-state index contributed by atoms with van der Waals surface area (Å²) in [5, 5.41) is 8.60. The number of carbonyl (C=O) groups is 2. The maximum absolute atomic E-state index is 12.3. The molecule has 0 spiro atoms. The van der Waals surface area contributed by atoms with Crippen molar-refractivity contribution in [1.29, 1.82) is 0 Å². The van der Waals surface area contributed by atoms with Gasteiger partial charge in [0.15, 0.2) is 0 Å². The molecule has 8 heteroatoms. The number of hydrogen-bond acceptors (Lipinski definition) is 5. The van der Waals surface area contributed by atoms with Crippen LogP contribution in [-0.2, 0) is 16.1 Å². The van der Waals surface area contributed by atoms with Crippen LogP contribution < -0.4 is 16.1 Å². The topological polar surface area (TPSA) is 106 Å². The van der Waals surface area contributed by atoms with E-state index in [2.05, 4.69) is 15.4 Å². The Morgan fingerprint density at radius 2 is 2.08 bits per heavy atom. The normalized spacial score (nSPS) is 16.8. The Morgan fingerprint density at radius 1 is 1.29 bits per heavy atom. The number of para-hydroxylation sites is 1. The minimum absolute atomic E-state index is 0.196. The fourth-order valence-corrected chi connectivity index (χ4v) is 2.51. The summed E-state index contributed by atoms with van der Waals surface area (Å²) in [6, 6.07) is 8.53. The molecule has 3 N–H and O–H groups in total. The minimum atomic E-state index is -0.651. The summed E-state index contributed by atoms with van der Waals surface area (Å²) in [7, 11) is 0. The first kappa shape index (κ1) is 15.7. The van der Waals surface area contributed by atoms with Crippen molar-refractivity contribution in [3.8, 4) is 0 Å². The summed E-state index contributed by atoms with van der Waals surface area (Å²) in [6.45, 7) is 1.06. The molecular formula is C16H18N6O2. The highest BCUT2D eigenvalue weighted by molar-refractivity contribution is 6.40. The molecule has 8 nitrogen and oxygen atoms in total. The van der Waals surface area contributed by atoms with E-state index in [0.717, 1.165) is 5.69 Å². The van der Waals surface area contributed by atoms with E-state index in [1.165, 1.54) is 5.01 Å². The lowest BCUT2D eigenvalue weighted by Gasteiger charge is -2.20. The van der Waals surface area contributed by atoms with E-state index in [1.54, 1.807) is 12.5 Å². The number of benzene rings is 1. The van der Waals surface area contributed by atoms with E-state index < -0.39 is 11.9 Å². The summed E-state index contributed by atoms with van der Waals surface area (Å²) in [4.78, 5) is 27.9. The monoisotopic (exact) mass is 326 g/mol. The summed E-state index contributed by atoms with van der Waals surface area (Å²) in [6.07, 6.45) is 5.37. The minimum Gasteiger partial charge on any atom is -0.368 e. The predicted molar refractivity (Wildman–Crippen MR) is 89.2 cm³/mol. The van der Waals surface area contributed by atoms with Crippen LogP contribution in [0.2, 0.25) is 0 Å². The number of hydrazone groups is 1. The number of nitrogens with one attached hydrogen (secondary N) is 1. The highest BCUT2D eigenvalue weighted by Crippen LogP contribution is 2.24. The Balaban J connectivity index is 1.66. The van der Waals surface area contributed by atoms with Crippen molar-refractivity contribution >= 4 is 23.2 Å². The lowest BCUT2D eigenvalue weighted by atomic mass is 10.1. The van der Waals surface area contributed by atoms with Gasteiger partial charge in [0.2, 0.25) is 5.91 Å². The van der Waals surface area contributed by atoms with Gasteiger partial charge in [-0.3, -0.25) is 14.6 Å². The van der Waals surface area contributed by atoms with Crippen molar-refractivity contribution in [1.82, 2.24) is 14.9 Å². The smallest absolute Gasteiger partial charge is 0.267 e. The van der Waals surface area contributed by atoms with Crippen LogP contribution in [-0.4, -0.2) is 39.7 Å². The Morgan fingerprint density at radius 3 is 2.75 bits per heavy atom. The number of imidazole rings is 1. The molecule has 0 unspecified atom stereocenters. The second-order valence-corrected chi connectivity index (χ2v) is 5.41. The van der Waals surface area contributed by atoms with Gasteiger partial charge in [0.1, 0.15) is 11.8 Å². The molecule has 2 amide bonds. The molecule has 3 rings (SSSR count). The van der Waals surface area contributed by atoms with Gasteiger partial charge in [-0.2, -0.15) is 5.10 Å². The second-order valence-electron chi connectivity index (χ2n) is 5.41. The van der Waals surface area contributed by atoms with E-state index in [-0.39, 0.29) is 12.3 Å². The van der Waals surface area contributed by atoms with Crippen molar-refractivity contribution in [2.45, 2.75) is 19.0 Å². The molecule has 1 aromatic heterocycles. The summed E-state index contributed by atoms with van der Waals surface area (Å²) in [5.74, 6) is -0.802. The SMILES string of the molecule is NC(=O)[C@H]1CC(C(=O)NCCn2ccnc2)=NN1c1ccccc1. The average Bonchev–Trinajstić information content (AvgIpc) is 3.25. The highest BCUT2D eigenvalue weighted by Gasteiger charge is 2.34. The highest BCUT2D eigenvalue weighted by atomic mass is 16.2. The number of anilines is 1. The van der Waals surface area contributed by atoms with Crippen LogP contribution in [0.5, 0.6) is 0 Å². The molecule has 24 heavy (non-hydrogen) atoms. The molecule has 0 bridgehead atoms. The number of aromatic nitrogens is 2. The third-order valence-electron chi connectivity index (χ3n) is 3.74. The molecule has 0 saturated heterocycles. The molecule has 0 fully saturated rings. The van der Waals surface area contributed by atoms with Crippen molar-refractivity contribution in [3.05, 3.63) is 49.1 Å². The van der Waals surface area contributed by atoms with Gasteiger partial charge in [0.05, 0.1) is 12.0 Å². The molecule has 0 aliphatic carbocycles. The Kier molecular flexibility index (Phi) is 4.55. The van der Waals surface area contributed by atoms with E-state index >= 15 is 0 Å². The number of hydrogen-bond donors (Lipinski definition) is 2. The van der Waals surface area contributed by atoms with Crippen molar-refractivity contribution in [2.75, 3.05) is 11.6 Å². The van der Waals surface area contributed by atoms with Gasteiger partial charge in [0.25, 0.3) is 5.91 Å². The van der Waals surface area contributed by atoms with Crippen LogP contribution in [0, 0.1) is 0 Å². The number of nitrogens with two attached hydrogens (primary N) is 1. The molecule has 1 aliphatic heterocycles. The van der Waals surface area contributed by atoms with Gasteiger partial charge in [0, 0.05) is 31.9 Å². The van der Waals surface area contributed by atoms with Gasteiger partial charge in [-0.25, -0.2) is 4.98 Å². The maximum atomic E-state index is 12.3.